The Kier molecular flexibility index (Phi) is 4.16. The molecule has 0 aliphatic heterocycles. The van der Waals surface area contributed by atoms with Gasteiger partial charge in [-0.05, 0) is 24.4 Å². The van der Waals surface area contributed by atoms with Crippen LogP contribution in [0.15, 0.2) is 34.9 Å². The molecular weight excluding hydrogens is 308 g/mol. The van der Waals surface area contributed by atoms with Gasteiger partial charge in [-0.3, -0.25) is 4.79 Å². The molecule has 0 saturated carbocycles. The van der Waals surface area contributed by atoms with Gasteiger partial charge in [0.1, 0.15) is 0 Å². The van der Waals surface area contributed by atoms with Gasteiger partial charge in [-0.25, -0.2) is 4.98 Å². The molecule has 21 heavy (non-hydrogen) atoms. The van der Waals surface area contributed by atoms with E-state index in [-0.39, 0.29) is 11.7 Å². The molecule has 0 radical (unpaired) electrons. The summed E-state index contributed by atoms with van der Waals surface area (Å²) in [6.45, 7) is 2.16. The largest absolute Gasteiger partial charge is 0.465 e. The van der Waals surface area contributed by atoms with E-state index in [0.717, 1.165) is 10.6 Å². The van der Waals surface area contributed by atoms with Crippen molar-refractivity contribution in [2.24, 2.45) is 0 Å². The van der Waals surface area contributed by atoms with Crippen molar-refractivity contribution in [2.45, 2.75) is 12.1 Å². The van der Waals surface area contributed by atoms with Crippen molar-refractivity contribution in [3.05, 3.63) is 29.8 Å². The minimum absolute atomic E-state index is 0.194. The van der Waals surface area contributed by atoms with E-state index in [1.807, 2.05) is 23.6 Å². The Morgan fingerprint density at radius 1 is 1.48 bits per heavy atom. The highest BCUT2D eigenvalue weighted by atomic mass is 32.2. The summed E-state index contributed by atoms with van der Waals surface area (Å²) in [5.74, 6) is 0.444. The average molecular weight is 320 g/mol. The molecule has 0 spiro atoms. The molecule has 8 heteroatoms. The monoisotopic (exact) mass is 320 g/mol. The number of esters is 1. The number of fused-ring (bicyclic) bond motifs is 1. The van der Waals surface area contributed by atoms with Gasteiger partial charge in [-0.2, -0.15) is 9.50 Å². The van der Waals surface area contributed by atoms with Gasteiger partial charge in [0.15, 0.2) is 0 Å². The number of carbonyl (C=O) groups is 1. The van der Waals surface area contributed by atoms with Gasteiger partial charge in [-0.15, -0.1) is 16.4 Å². The number of thioether (sulfide) groups is 1. The van der Waals surface area contributed by atoms with Crippen molar-refractivity contribution in [3.63, 3.8) is 0 Å². The van der Waals surface area contributed by atoms with Gasteiger partial charge in [0.25, 0.3) is 5.78 Å². The smallest absolute Gasteiger partial charge is 0.316 e. The number of thiophene rings is 1. The van der Waals surface area contributed by atoms with Crippen LogP contribution in [0, 0.1) is 0 Å². The Morgan fingerprint density at radius 3 is 3.14 bits per heavy atom. The number of aromatic nitrogens is 4. The van der Waals surface area contributed by atoms with Gasteiger partial charge >= 0.3 is 5.97 Å². The van der Waals surface area contributed by atoms with Crippen molar-refractivity contribution in [2.75, 3.05) is 12.4 Å². The molecule has 3 heterocycles. The second-order valence-corrected chi connectivity index (χ2v) is 5.90. The van der Waals surface area contributed by atoms with Gasteiger partial charge in [0.05, 0.1) is 22.9 Å². The maximum Gasteiger partial charge on any atom is 0.316 e. The van der Waals surface area contributed by atoms with Crippen LogP contribution in [0.5, 0.6) is 0 Å². The predicted octanol–water partition coefficient (Wildman–Crippen LogP) is 2.51. The van der Waals surface area contributed by atoms with Crippen LogP contribution in [0.4, 0.5) is 0 Å². The fourth-order valence-electron chi connectivity index (χ4n) is 1.77. The third kappa shape index (κ3) is 3.06. The molecule has 0 saturated heterocycles. The predicted molar refractivity (Wildman–Crippen MR) is 81.5 cm³/mol. The molecule has 3 aromatic rings. The molecule has 3 rings (SSSR count). The molecular formula is C13H12N4O2S2. The summed E-state index contributed by atoms with van der Waals surface area (Å²) in [5.41, 5.74) is 0.936. The zero-order valence-corrected chi connectivity index (χ0v) is 12.9. The number of rotatable bonds is 5. The zero-order valence-electron chi connectivity index (χ0n) is 11.2. The molecule has 3 aromatic heterocycles. The summed E-state index contributed by atoms with van der Waals surface area (Å²) in [4.78, 5) is 21.0. The zero-order chi connectivity index (χ0) is 14.7. The number of carbonyl (C=O) groups excluding carboxylic acids is 1. The van der Waals surface area contributed by atoms with E-state index < -0.39 is 0 Å². The van der Waals surface area contributed by atoms with Crippen molar-refractivity contribution in [3.8, 4) is 10.6 Å². The molecule has 0 unspecified atom stereocenters. The summed E-state index contributed by atoms with van der Waals surface area (Å²) < 4.78 is 6.58. The molecule has 0 N–H and O–H groups in total. The normalized spacial score (nSPS) is 10.9. The molecule has 0 aliphatic carbocycles. The molecule has 0 amide bonds. The number of nitrogens with zero attached hydrogens (tertiary/aromatic N) is 4. The van der Waals surface area contributed by atoms with E-state index >= 15 is 0 Å². The van der Waals surface area contributed by atoms with Gasteiger partial charge < -0.3 is 4.74 Å². The third-order valence-electron chi connectivity index (χ3n) is 2.62. The lowest BCUT2D eigenvalue weighted by molar-refractivity contribution is -0.139. The lowest BCUT2D eigenvalue weighted by Crippen LogP contribution is -2.06. The Hall–Kier alpha value is -1.93. The summed E-state index contributed by atoms with van der Waals surface area (Å²) in [7, 11) is 0. The lowest BCUT2D eigenvalue weighted by Gasteiger charge is -1.99. The minimum Gasteiger partial charge on any atom is -0.465 e. The maximum absolute atomic E-state index is 11.4. The standard InChI is InChI=1S/C13H12N4O2S2/c1-2-19-11(18)8-21-13-15-12-14-6-5-9(17(12)16-13)10-4-3-7-20-10/h3-7H,2,8H2,1H3. The van der Waals surface area contributed by atoms with E-state index in [1.165, 1.54) is 11.8 Å². The number of hydrogen-bond donors (Lipinski definition) is 0. The van der Waals surface area contributed by atoms with Gasteiger partial charge in [0.2, 0.25) is 5.16 Å². The first-order valence-electron chi connectivity index (χ1n) is 6.32. The second-order valence-electron chi connectivity index (χ2n) is 4.01. The quantitative estimate of drug-likeness (QED) is 0.531. The molecule has 108 valence electrons. The van der Waals surface area contributed by atoms with Crippen LogP contribution >= 0.6 is 23.1 Å². The molecule has 0 aromatic carbocycles. The van der Waals surface area contributed by atoms with E-state index in [4.69, 9.17) is 4.74 Å². The second kappa shape index (κ2) is 6.23. The molecule has 0 atom stereocenters. The summed E-state index contributed by atoms with van der Waals surface area (Å²) in [5, 5.41) is 6.93. The molecule has 0 aliphatic rings. The van der Waals surface area contributed by atoms with Crippen LogP contribution in [-0.4, -0.2) is 37.9 Å². The van der Waals surface area contributed by atoms with Crippen LogP contribution in [0.3, 0.4) is 0 Å². The van der Waals surface area contributed by atoms with E-state index in [1.54, 1.807) is 29.0 Å². The van der Waals surface area contributed by atoms with Gasteiger partial charge in [-0.1, -0.05) is 17.8 Å². The van der Waals surface area contributed by atoms with Crippen molar-refractivity contribution < 1.29 is 9.53 Å². The Labute approximate surface area is 129 Å². The van der Waals surface area contributed by atoms with Crippen LogP contribution in [-0.2, 0) is 9.53 Å². The van der Waals surface area contributed by atoms with Crippen molar-refractivity contribution in [1.29, 1.82) is 0 Å². The van der Waals surface area contributed by atoms with Crippen LogP contribution in [0.2, 0.25) is 0 Å². The first kappa shape index (κ1) is 14.0. The Morgan fingerprint density at radius 2 is 2.38 bits per heavy atom. The first-order chi connectivity index (χ1) is 10.3. The topological polar surface area (TPSA) is 69.4 Å². The van der Waals surface area contributed by atoms with Crippen molar-refractivity contribution >= 4 is 34.8 Å². The highest BCUT2D eigenvalue weighted by Gasteiger charge is 2.12. The van der Waals surface area contributed by atoms with Crippen LogP contribution in [0.1, 0.15) is 6.92 Å². The van der Waals surface area contributed by atoms with E-state index in [9.17, 15) is 4.79 Å². The first-order valence-corrected chi connectivity index (χ1v) is 8.18. The highest BCUT2D eigenvalue weighted by Crippen LogP contribution is 2.25. The summed E-state index contributed by atoms with van der Waals surface area (Å²) >= 11 is 2.87. The van der Waals surface area contributed by atoms with Crippen molar-refractivity contribution in [1.82, 2.24) is 19.6 Å². The van der Waals surface area contributed by atoms with Gasteiger partial charge in [0, 0.05) is 6.20 Å². The molecule has 6 nitrogen and oxygen atoms in total. The lowest BCUT2D eigenvalue weighted by atomic mass is 10.3. The minimum atomic E-state index is -0.271. The SMILES string of the molecule is CCOC(=O)CSc1nc2nccc(-c3cccs3)n2n1. The van der Waals surface area contributed by atoms with E-state index in [0.29, 0.717) is 17.5 Å². The third-order valence-corrected chi connectivity index (χ3v) is 4.32. The summed E-state index contributed by atoms with van der Waals surface area (Å²) in [6, 6.07) is 5.90. The average Bonchev–Trinajstić information content (AvgIpc) is 3.14. The molecule has 0 bridgehead atoms. The molecule has 0 fully saturated rings. The number of hydrogen-bond acceptors (Lipinski definition) is 7. The van der Waals surface area contributed by atoms with Crippen LogP contribution < -0.4 is 0 Å². The Bertz CT molecular complexity index is 755. The van der Waals surface area contributed by atoms with Crippen LogP contribution in [0.25, 0.3) is 16.3 Å². The fourth-order valence-corrected chi connectivity index (χ4v) is 3.13. The fraction of sp³-hybridized carbons (Fsp3) is 0.231. The Balaban J connectivity index is 1.87. The van der Waals surface area contributed by atoms with E-state index in [2.05, 4.69) is 15.1 Å². The maximum atomic E-state index is 11.4. The summed E-state index contributed by atoms with van der Waals surface area (Å²) in [6.07, 6.45) is 1.71. The highest BCUT2D eigenvalue weighted by molar-refractivity contribution is 7.99. The number of ether oxygens (including phenoxy) is 1.